The van der Waals surface area contributed by atoms with Gasteiger partial charge in [-0.15, -0.1) is 0 Å². The van der Waals surface area contributed by atoms with Gasteiger partial charge in [0.15, 0.2) is 0 Å². The second-order valence-corrected chi connectivity index (χ2v) is 7.57. The Kier molecular flexibility index (Phi) is 19.0. The number of nitrogens with zero attached hydrogens (tertiary/aromatic N) is 1. The second-order valence-electron chi connectivity index (χ2n) is 7.57. The van der Waals surface area contributed by atoms with Crippen molar-refractivity contribution in [2.45, 2.75) is 110 Å². The van der Waals surface area contributed by atoms with Crippen LogP contribution in [0.15, 0.2) is 0 Å². The van der Waals surface area contributed by atoms with E-state index in [0.29, 0.717) is 0 Å². The molecule has 0 rings (SSSR count). The number of nitrogens with one attached hydrogen (secondary N) is 2. The van der Waals surface area contributed by atoms with Gasteiger partial charge in [0.05, 0.1) is 0 Å². The fraction of sp³-hybridized carbons (Fsp3) is 0.952. The molecular weight excluding hydrogens is 310 g/mol. The molecule has 4 nitrogen and oxygen atoms in total. The van der Waals surface area contributed by atoms with Gasteiger partial charge in [-0.2, -0.15) is 0 Å². The first-order chi connectivity index (χ1) is 12.2. The van der Waals surface area contributed by atoms with Gasteiger partial charge in [-0.25, -0.2) is 9.80 Å². The monoisotopic (exact) mass is 355 g/mol. The van der Waals surface area contributed by atoms with E-state index in [4.69, 9.17) is 0 Å². The van der Waals surface area contributed by atoms with Gasteiger partial charge in [0.25, 0.3) is 0 Å². The molecular formula is C21H45N3O. The van der Waals surface area contributed by atoms with Gasteiger partial charge in [0.1, 0.15) is 0 Å². The Morgan fingerprint density at radius 3 is 1.36 bits per heavy atom. The molecule has 0 heterocycles. The maximum atomic E-state index is 11.3. The van der Waals surface area contributed by atoms with Crippen LogP contribution < -0.4 is 10.7 Å². The predicted octanol–water partition coefficient (Wildman–Crippen LogP) is 6.02. The number of hydrogen-bond acceptors (Lipinski definition) is 2. The molecule has 4 heteroatoms. The van der Waals surface area contributed by atoms with Crippen LogP contribution in [-0.4, -0.2) is 31.7 Å². The summed E-state index contributed by atoms with van der Waals surface area (Å²) < 4.78 is 0. The zero-order chi connectivity index (χ0) is 18.6. The molecule has 0 aromatic carbocycles. The van der Waals surface area contributed by atoms with Crippen LogP contribution in [0.4, 0.5) is 4.79 Å². The summed E-state index contributed by atoms with van der Waals surface area (Å²) in [5, 5.41) is 4.53. The Hall–Kier alpha value is -0.770. The van der Waals surface area contributed by atoms with Crippen molar-refractivity contribution < 1.29 is 4.79 Å². The normalized spacial score (nSPS) is 11.0. The van der Waals surface area contributed by atoms with Crippen LogP contribution in [0, 0.1) is 0 Å². The fourth-order valence-electron chi connectivity index (χ4n) is 3.12. The van der Waals surface area contributed by atoms with Crippen LogP contribution in [-0.2, 0) is 0 Å². The van der Waals surface area contributed by atoms with E-state index in [0.717, 1.165) is 13.0 Å². The fourth-order valence-corrected chi connectivity index (χ4v) is 3.12. The number of hydrazine groups is 1. The quantitative estimate of drug-likeness (QED) is 0.233. The summed E-state index contributed by atoms with van der Waals surface area (Å²) in [7, 11) is 3.63. The number of unbranched alkanes of at least 4 members (excludes halogenated alkanes) is 15. The molecule has 25 heavy (non-hydrogen) atoms. The van der Waals surface area contributed by atoms with E-state index in [9.17, 15) is 4.79 Å². The molecule has 0 radical (unpaired) electrons. The number of carbonyl (C=O) groups excluding carboxylic acids is 1. The standard InChI is InChI=1S/C21H45N3O/c1-4-5-6-7-8-9-10-11-12-13-14-15-16-17-18-19-20-22-21(25)23-24(2)3/h4-20H2,1-3H3,(H2,22,23,25). The Morgan fingerprint density at radius 1 is 0.640 bits per heavy atom. The van der Waals surface area contributed by atoms with Gasteiger partial charge in [0, 0.05) is 20.6 Å². The average molecular weight is 356 g/mol. The van der Waals surface area contributed by atoms with Crippen molar-refractivity contribution in [2.75, 3.05) is 20.6 Å². The molecule has 150 valence electrons. The predicted molar refractivity (Wildman–Crippen MR) is 110 cm³/mol. The van der Waals surface area contributed by atoms with Crippen LogP contribution in [0.1, 0.15) is 110 Å². The van der Waals surface area contributed by atoms with Crippen molar-refractivity contribution in [3.63, 3.8) is 0 Å². The van der Waals surface area contributed by atoms with Gasteiger partial charge in [-0.3, -0.25) is 5.43 Å². The van der Waals surface area contributed by atoms with Crippen molar-refractivity contribution in [1.29, 1.82) is 0 Å². The third-order valence-corrected chi connectivity index (χ3v) is 4.64. The summed E-state index contributed by atoms with van der Waals surface area (Å²) in [5.74, 6) is 0. The molecule has 0 aliphatic heterocycles. The van der Waals surface area contributed by atoms with Crippen molar-refractivity contribution in [3.05, 3.63) is 0 Å². The Balaban J connectivity index is 3.06. The SMILES string of the molecule is CCCCCCCCCCCCCCCCCCNC(=O)NN(C)C. The summed E-state index contributed by atoms with van der Waals surface area (Å²) in [6.45, 7) is 3.06. The molecule has 0 spiro atoms. The number of amides is 2. The molecule has 0 saturated heterocycles. The second kappa shape index (κ2) is 19.6. The largest absolute Gasteiger partial charge is 0.337 e. The molecule has 0 fully saturated rings. The summed E-state index contributed by atoms with van der Waals surface area (Å²) in [4.78, 5) is 11.3. The lowest BCUT2D eigenvalue weighted by Crippen LogP contribution is -2.43. The van der Waals surface area contributed by atoms with Crippen LogP contribution in [0.3, 0.4) is 0 Å². The third kappa shape index (κ3) is 21.2. The number of hydrogen-bond donors (Lipinski definition) is 2. The van der Waals surface area contributed by atoms with Crippen molar-refractivity contribution in [1.82, 2.24) is 15.8 Å². The lowest BCUT2D eigenvalue weighted by Gasteiger charge is -2.12. The first-order valence-electron chi connectivity index (χ1n) is 10.9. The molecule has 0 aromatic heterocycles. The van der Waals surface area contributed by atoms with Gasteiger partial charge >= 0.3 is 6.03 Å². The lowest BCUT2D eigenvalue weighted by atomic mass is 10.0. The van der Waals surface area contributed by atoms with E-state index in [1.807, 2.05) is 14.1 Å². The first kappa shape index (κ1) is 24.2. The van der Waals surface area contributed by atoms with Crippen LogP contribution in [0.2, 0.25) is 0 Å². The highest BCUT2D eigenvalue weighted by Gasteiger charge is 1.99. The van der Waals surface area contributed by atoms with E-state index in [1.54, 1.807) is 5.01 Å². The highest BCUT2D eigenvalue weighted by Crippen LogP contribution is 2.13. The minimum Gasteiger partial charge on any atom is -0.337 e. The molecule has 2 N–H and O–H groups in total. The number of rotatable bonds is 18. The zero-order valence-corrected chi connectivity index (χ0v) is 17.4. The summed E-state index contributed by atoms with van der Waals surface area (Å²) in [6.07, 6.45) is 22.0. The molecule has 0 bridgehead atoms. The number of urea groups is 1. The van der Waals surface area contributed by atoms with Crippen LogP contribution >= 0.6 is 0 Å². The van der Waals surface area contributed by atoms with Crippen molar-refractivity contribution >= 4 is 6.03 Å². The Labute approximate surface area is 157 Å². The smallest absolute Gasteiger partial charge is 0.329 e. The maximum Gasteiger partial charge on any atom is 0.329 e. The van der Waals surface area contributed by atoms with Crippen molar-refractivity contribution in [3.8, 4) is 0 Å². The van der Waals surface area contributed by atoms with Crippen molar-refractivity contribution in [2.24, 2.45) is 0 Å². The van der Waals surface area contributed by atoms with Gasteiger partial charge < -0.3 is 5.32 Å². The molecule has 0 aromatic rings. The van der Waals surface area contributed by atoms with E-state index in [-0.39, 0.29) is 6.03 Å². The molecule has 0 unspecified atom stereocenters. The van der Waals surface area contributed by atoms with Gasteiger partial charge in [-0.1, -0.05) is 103 Å². The van der Waals surface area contributed by atoms with Gasteiger partial charge in [0.2, 0.25) is 0 Å². The van der Waals surface area contributed by atoms with Crippen LogP contribution in [0.5, 0.6) is 0 Å². The average Bonchev–Trinajstić information content (AvgIpc) is 2.57. The molecule has 0 aliphatic rings. The van der Waals surface area contributed by atoms with Gasteiger partial charge in [-0.05, 0) is 6.42 Å². The highest BCUT2D eigenvalue weighted by atomic mass is 16.2. The van der Waals surface area contributed by atoms with Crippen LogP contribution in [0.25, 0.3) is 0 Å². The maximum absolute atomic E-state index is 11.3. The topological polar surface area (TPSA) is 44.4 Å². The van der Waals surface area contributed by atoms with E-state index in [2.05, 4.69) is 17.7 Å². The molecule has 0 aliphatic carbocycles. The molecule has 0 saturated carbocycles. The number of carbonyl (C=O) groups is 1. The molecule has 2 amide bonds. The van der Waals surface area contributed by atoms with E-state index < -0.39 is 0 Å². The Bertz CT molecular complexity index is 282. The Morgan fingerprint density at radius 2 is 1.00 bits per heavy atom. The summed E-state index contributed by atoms with van der Waals surface area (Å²) in [6, 6.07) is -0.106. The summed E-state index contributed by atoms with van der Waals surface area (Å²) in [5.41, 5.74) is 2.68. The lowest BCUT2D eigenvalue weighted by molar-refractivity contribution is 0.212. The third-order valence-electron chi connectivity index (χ3n) is 4.64. The zero-order valence-electron chi connectivity index (χ0n) is 17.4. The van der Waals surface area contributed by atoms with E-state index in [1.165, 1.54) is 96.3 Å². The minimum absolute atomic E-state index is 0.106. The van der Waals surface area contributed by atoms with E-state index >= 15 is 0 Å². The molecule has 0 atom stereocenters. The summed E-state index contributed by atoms with van der Waals surface area (Å²) >= 11 is 0. The highest BCUT2D eigenvalue weighted by molar-refractivity contribution is 5.73. The minimum atomic E-state index is -0.106. The first-order valence-corrected chi connectivity index (χ1v) is 10.9.